The van der Waals surface area contributed by atoms with E-state index in [1.54, 1.807) is 31.8 Å². The lowest BCUT2D eigenvalue weighted by Crippen LogP contribution is -2.01. The van der Waals surface area contributed by atoms with Crippen LogP contribution >= 0.6 is 0 Å². The van der Waals surface area contributed by atoms with Gasteiger partial charge in [-0.2, -0.15) is 0 Å². The molecule has 0 unspecified atom stereocenters. The second kappa shape index (κ2) is 7.45. The fourth-order valence-electron chi connectivity index (χ4n) is 2.99. The zero-order valence-electron chi connectivity index (χ0n) is 14.8. The van der Waals surface area contributed by atoms with Crippen molar-refractivity contribution in [3.63, 3.8) is 0 Å². The van der Waals surface area contributed by atoms with E-state index in [0.717, 1.165) is 22.2 Å². The summed E-state index contributed by atoms with van der Waals surface area (Å²) in [4.78, 5) is 11.4. The summed E-state index contributed by atoms with van der Waals surface area (Å²) >= 11 is 0. The summed E-state index contributed by atoms with van der Waals surface area (Å²) in [5.41, 5.74) is 3.19. The van der Waals surface area contributed by atoms with Gasteiger partial charge in [0.15, 0.2) is 11.5 Å². The number of methoxy groups -OCH3 is 1. The van der Waals surface area contributed by atoms with Crippen molar-refractivity contribution in [2.75, 3.05) is 7.11 Å². The highest BCUT2D eigenvalue weighted by Gasteiger charge is 2.14. The van der Waals surface area contributed by atoms with Crippen LogP contribution in [0.25, 0.3) is 11.0 Å². The van der Waals surface area contributed by atoms with E-state index >= 15 is 0 Å². The lowest BCUT2D eigenvalue weighted by Gasteiger charge is -2.13. The molecule has 6 heteroatoms. The second-order valence-electron chi connectivity index (χ2n) is 6.13. The van der Waals surface area contributed by atoms with Crippen molar-refractivity contribution in [2.24, 2.45) is 0 Å². The largest absolute Gasteiger partial charge is 0.493 e. The number of hydrogen-bond donors (Lipinski definition) is 1. The Balaban J connectivity index is 1.59. The summed E-state index contributed by atoms with van der Waals surface area (Å²) in [5, 5.41) is 0.979. The molecule has 0 spiro atoms. The number of nitrogens with one attached hydrogen (secondary N) is 1. The van der Waals surface area contributed by atoms with Crippen LogP contribution < -0.4 is 9.47 Å². The van der Waals surface area contributed by atoms with Crippen LogP contribution in [0.4, 0.5) is 4.39 Å². The number of aromatic amines is 1. The summed E-state index contributed by atoms with van der Waals surface area (Å²) in [6.07, 6.45) is 7.41. The summed E-state index contributed by atoms with van der Waals surface area (Å²) in [5.74, 6) is 0.520. The maximum Gasteiger partial charge on any atom is 0.164 e. The van der Waals surface area contributed by atoms with Gasteiger partial charge in [0.1, 0.15) is 18.1 Å². The quantitative estimate of drug-likeness (QED) is 0.556. The number of benzene rings is 1. The van der Waals surface area contributed by atoms with Crippen LogP contribution in [-0.4, -0.2) is 22.1 Å². The SMILES string of the molecule is COc1cc(Cc2c[nH]c3ncccc23)c(F)cc1OCc1cccnc1. The molecule has 0 aliphatic carbocycles. The van der Waals surface area contributed by atoms with Crippen LogP contribution in [0, 0.1) is 5.82 Å². The molecular formula is C21H18FN3O2. The second-order valence-corrected chi connectivity index (χ2v) is 6.13. The fraction of sp³-hybridized carbons (Fsp3) is 0.143. The van der Waals surface area contributed by atoms with Crippen LogP contribution in [0.15, 0.2) is 61.2 Å². The van der Waals surface area contributed by atoms with Crippen molar-refractivity contribution in [1.29, 1.82) is 0 Å². The molecular weight excluding hydrogens is 345 g/mol. The smallest absolute Gasteiger partial charge is 0.164 e. The Labute approximate surface area is 155 Å². The minimum Gasteiger partial charge on any atom is -0.493 e. The number of nitrogens with zero attached hydrogens (tertiary/aromatic N) is 2. The number of hydrogen-bond acceptors (Lipinski definition) is 4. The maximum atomic E-state index is 14.7. The number of H-pyrrole nitrogens is 1. The Kier molecular flexibility index (Phi) is 4.70. The summed E-state index contributed by atoms with van der Waals surface area (Å²) in [7, 11) is 1.55. The van der Waals surface area contributed by atoms with Crippen molar-refractivity contribution in [1.82, 2.24) is 15.0 Å². The first kappa shape index (κ1) is 17.0. The third-order valence-electron chi connectivity index (χ3n) is 4.37. The molecule has 3 heterocycles. The van der Waals surface area contributed by atoms with Crippen LogP contribution in [0.3, 0.4) is 0 Å². The third-order valence-corrected chi connectivity index (χ3v) is 4.37. The van der Waals surface area contributed by atoms with Gasteiger partial charge in [-0.1, -0.05) is 6.07 Å². The van der Waals surface area contributed by atoms with Crippen LogP contribution in [-0.2, 0) is 13.0 Å². The van der Waals surface area contributed by atoms with E-state index in [1.165, 1.54) is 6.07 Å². The zero-order valence-corrected chi connectivity index (χ0v) is 14.8. The normalized spacial score (nSPS) is 10.9. The molecule has 136 valence electrons. The van der Waals surface area contributed by atoms with Crippen molar-refractivity contribution in [3.05, 3.63) is 83.7 Å². The lowest BCUT2D eigenvalue weighted by molar-refractivity contribution is 0.282. The van der Waals surface area contributed by atoms with E-state index in [4.69, 9.17) is 9.47 Å². The van der Waals surface area contributed by atoms with Gasteiger partial charge in [0, 0.05) is 48.2 Å². The molecule has 4 rings (SSSR count). The van der Waals surface area contributed by atoms with E-state index in [1.807, 2.05) is 30.5 Å². The number of aromatic nitrogens is 3. The third kappa shape index (κ3) is 3.60. The van der Waals surface area contributed by atoms with Crippen molar-refractivity contribution >= 4 is 11.0 Å². The molecule has 1 aromatic carbocycles. The highest BCUT2D eigenvalue weighted by atomic mass is 19.1. The molecule has 1 N–H and O–H groups in total. The Hall–Kier alpha value is -3.41. The summed E-state index contributed by atoms with van der Waals surface area (Å²) in [6.45, 7) is 0.289. The fourth-order valence-corrected chi connectivity index (χ4v) is 2.99. The molecule has 5 nitrogen and oxygen atoms in total. The first-order valence-electron chi connectivity index (χ1n) is 8.53. The molecule has 0 saturated carbocycles. The van der Waals surface area contributed by atoms with Crippen LogP contribution in [0.5, 0.6) is 11.5 Å². The van der Waals surface area contributed by atoms with Crippen molar-refractivity contribution in [3.8, 4) is 11.5 Å². The summed E-state index contributed by atoms with van der Waals surface area (Å²) in [6, 6.07) is 10.6. The van der Waals surface area contributed by atoms with Crippen molar-refractivity contribution in [2.45, 2.75) is 13.0 Å². The van der Waals surface area contributed by atoms with Crippen molar-refractivity contribution < 1.29 is 13.9 Å². The molecule has 0 fully saturated rings. The molecule has 4 aromatic rings. The minimum atomic E-state index is -0.338. The average molecular weight is 363 g/mol. The Morgan fingerprint density at radius 3 is 2.78 bits per heavy atom. The van der Waals surface area contributed by atoms with E-state index in [0.29, 0.717) is 23.5 Å². The van der Waals surface area contributed by atoms with Crippen LogP contribution in [0.2, 0.25) is 0 Å². The van der Waals surface area contributed by atoms with E-state index in [9.17, 15) is 4.39 Å². The summed E-state index contributed by atoms with van der Waals surface area (Å²) < 4.78 is 25.9. The van der Waals surface area contributed by atoms with Gasteiger partial charge in [0.05, 0.1) is 7.11 Å². The maximum absolute atomic E-state index is 14.7. The topological polar surface area (TPSA) is 60.0 Å². The van der Waals surface area contributed by atoms with Gasteiger partial charge in [-0.25, -0.2) is 9.37 Å². The number of ether oxygens (including phenoxy) is 2. The van der Waals surface area contributed by atoms with Gasteiger partial charge < -0.3 is 14.5 Å². The standard InChI is InChI=1S/C21H18FN3O2/c1-26-19-9-15(8-16-12-25-21-17(16)5-3-7-24-21)18(22)10-20(19)27-13-14-4-2-6-23-11-14/h2-7,9-12H,8,13H2,1H3,(H,24,25). The molecule has 0 amide bonds. The molecule has 0 bridgehead atoms. The van der Waals surface area contributed by atoms with Gasteiger partial charge in [0.25, 0.3) is 0 Å². The average Bonchev–Trinajstić information content (AvgIpc) is 3.12. The molecule has 0 atom stereocenters. The number of fused-ring (bicyclic) bond motifs is 1. The number of halogens is 1. The van der Waals surface area contributed by atoms with Crippen LogP contribution in [0.1, 0.15) is 16.7 Å². The zero-order chi connectivity index (χ0) is 18.6. The molecule has 0 aliphatic rings. The Bertz CT molecular complexity index is 1060. The van der Waals surface area contributed by atoms with Gasteiger partial charge in [0.2, 0.25) is 0 Å². The van der Waals surface area contributed by atoms with E-state index in [2.05, 4.69) is 15.0 Å². The predicted octanol–water partition coefficient (Wildman–Crippen LogP) is 4.28. The van der Waals surface area contributed by atoms with Gasteiger partial charge >= 0.3 is 0 Å². The predicted molar refractivity (Wildman–Crippen MR) is 100 cm³/mol. The highest BCUT2D eigenvalue weighted by Crippen LogP contribution is 2.32. The lowest BCUT2D eigenvalue weighted by atomic mass is 10.0. The van der Waals surface area contributed by atoms with E-state index < -0.39 is 0 Å². The molecule has 0 aliphatic heterocycles. The van der Waals surface area contributed by atoms with Gasteiger partial charge in [-0.05, 0) is 35.4 Å². The molecule has 3 aromatic heterocycles. The highest BCUT2D eigenvalue weighted by molar-refractivity contribution is 5.79. The Morgan fingerprint density at radius 1 is 1.07 bits per heavy atom. The first-order valence-corrected chi connectivity index (χ1v) is 8.53. The first-order chi connectivity index (χ1) is 13.2. The molecule has 0 saturated heterocycles. The van der Waals surface area contributed by atoms with Gasteiger partial charge in [-0.15, -0.1) is 0 Å². The van der Waals surface area contributed by atoms with Gasteiger partial charge in [-0.3, -0.25) is 4.98 Å². The monoisotopic (exact) mass is 363 g/mol. The Morgan fingerprint density at radius 2 is 1.96 bits per heavy atom. The molecule has 27 heavy (non-hydrogen) atoms. The number of pyridine rings is 2. The van der Waals surface area contributed by atoms with E-state index in [-0.39, 0.29) is 12.4 Å². The number of rotatable bonds is 6. The molecule has 0 radical (unpaired) electrons. The minimum absolute atomic E-state index is 0.289.